The highest BCUT2D eigenvalue weighted by atomic mass is 35.5. The van der Waals surface area contributed by atoms with Gasteiger partial charge in [0.15, 0.2) is 5.78 Å². The SMILES string of the molecule is O=C(Nc1ccc(SCC(=O)c2ccc(Cl)cc2Cl)cc1)/C(=C/c1ccc(OCc2ccccc2)cc1)NC(=O)c1ccccc1. The van der Waals surface area contributed by atoms with E-state index in [-0.39, 0.29) is 17.2 Å². The zero-order valence-corrected chi connectivity index (χ0v) is 26.7. The predicted octanol–water partition coefficient (Wildman–Crippen LogP) is 8.96. The normalized spacial score (nSPS) is 11.0. The lowest BCUT2D eigenvalue weighted by Gasteiger charge is -2.12. The monoisotopic (exact) mass is 666 g/mol. The molecule has 2 amide bonds. The maximum absolute atomic E-state index is 13.4. The second kappa shape index (κ2) is 16.0. The minimum atomic E-state index is -0.498. The molecule has 46 heavy (non-hydrogen) atoms. The standard InChI is InChI=1S/C37H28Cl2N2O4S/c38-28-13-20-32(33(39)22-28)35(42)24-46-31-18-14-29(15-19-31)40-37(44)34(41-36(43)27-9-5-2-6-10-27)21-25-11-16-30(17-12-25)45-23-26-7-3-1-4-8-26/h1-22H,23-24H2,(H,40,44)(H,41,43)/b34-21-. The molecule has 5 rings (SSSR count). The van der Waals surface area contributed by atoms with Crippen molar-refractivity contribution in [1.82, 2.24) is 5.32 Å². The number of anilines is 1. The van der Waals surface area contributed by atoms with Crippen molar-refractivity contribution in [3.63, 3.8) is 0 Å². The number of nitrogens with one attached hydrogen (secondary N) is 2. The van der Waals surface area contributed by atoms with Crippen molar-refractivity contribution in [3.8, 4) is 5.75 Å². The number of hydrogen-bond donors (Lipinski definition) is 2. The molecule has 0 fully saturated rings. The van der Waals surface area contributed by atoms with Crippen LogP contribution in [0, 0.1) is 0 Å². The van der Waals surface area contributed by atoms with Crippen LogP contribution in [0.15, 0.2) is 138 Å². The first kappa shape index (κ1) is 32.6. The molecule has 0 radical (unpaired) electrons. The van der Waals surface area contributed by atoms with Gasteiger partial charge >= 0.3 is 0 Å². The van der Waals surface area contributed by atoms with Crippen LogP contribution in [0.25, 0.3) is 6.08 Å². The largest absolute Gasteiger partial charge is 0.489 e. The van der Waals surface area contributed by atoms with Crippen LogP contribution in [-0.2, 0) is 11.4 Å². The van der Waals surface area contributed by atoms with Crippen LogP contribution in [0.5, 0.6) is 5.75 Å². The van der Waals surface area contributed by atoms with Gasteiger partial charge < -0.3 is 15.4 Å². The Balaban J connectivity index is 1.25. The highest BCUT2D eigenvalue weighted by Crippen LogP contribution is 2.26. The van der Waals surface area contributed by atoms with Gasteiger partial charge in [0, 0.05) is 26.7 Å². The van der Waals surface area contributed by atoms with Gasteiger partial charge in [-0.15, -0.1) is 11.8 Å². The van der Waals surface area contributed by atoms with Crippen molar-refractivity contribution in [2.45, 2.75) is 11.5 Å². The Kier molecular flexibility index (Phi) is 11.3. The lowest BCUT2D eigenvalue weighted by atomic mass is 10.1. The van der Waals surface area contributed by atoms with Gasteiger partial charge in [-0.05, 0) is 83.9 Å². The summed E-state index contributed by atoms with van der Waals surface area (Å²) in [5.74, 6) is -0.176. The summed E-state index contributed by atoms with van der Waals surface area (Å²) in [6, 6.07) is 37.6. The van der Waals surface area contributed by atoms with Gasteiger partial charge in [0.25, 0.3) is 11.8 Å². The van der Waals surface area contributed by atoms with E-state index in [1.165, 1.54) is 11.8 Å². The van der Waals surface area contributed by atoms with Crippen LogP contribution in [0.4, 0.5) is 5.69 Å². The molecule has 0 saturated heterocycles. The number of amides is 2. The fourth-order valence-electron chi connectivity index (χ4n) is 4.29. The van der Waals surface area contributed by atoms with Crippen molar-refractivity contribution in [2.24, 2.45) is 0 Å². The Bertz CT molecular complexity index is 1850. The summed E-state index contributed by atoms with van der Waals surface area (Å²) in [6.07, 6.45) is 1.61. The zero-order valence-electron chi connectivity index (χ0n) is 24.4. The Morgan fingerprint density at radius 3 is 2.11 bits per heavy atom. The molecule has 0 spiro atoms. The van der Waals surface area contributed by atoms with Crippen molar-refractivity contribution < 1.29 is 19.1 Å². The van der Waals surface area contributed by atoms with E-state index in [9.17, 15) is 14.4 Å². The molecule has 0 heterocycles. The number of ether oxygens (including phenoxy) is 1. The molecular weight excluding hydrogens is 639 g/mol. The van der Waals surface area contributed by atoms with Crippen molar-refractivity contribution in [1.29, 1.82) is 0 Å². The van der Waals surface area contributed by atoms with Gasteiger partial charge in [0.05, 0.1) is 10.8 Å². The second-order valence-electron chi connectivity index (χ2n) is 10.0. The lowest BCUT2D eigenvalue weighted by Crippen LogP contribution is -2.30. The minimum absolute atomic E-state index is 0.0655. The Morgan fingerprint density at radius 1 is 0.761 bits per heavy atom. The second-order valence-corrected chi connectivity index (χ2v) is 11.9. The number of Topliss-reactive ketones (excluding diaryl/α,β-unsaturated/α-hetero) is 1. The van der Waals surface area contributed by atoms with Gasteiger partial charge in [0.1, 0.15) is 18.1 Å². The fraction of sp³-hybridized carbons (Fsp3) is 0.0541. The molecule has 0 aromatic heterocycles. The third-order valence-electron chi connectivity index (χ3n) is 6.68. The lowest BCUT2D eigenvalue weighted by molar-refractivity contribution is -0.113. The first-order valence-electron chi connectivity index (χ1n) is 14.2. The maximum Gasteiger partial charge on any atom is 0.272 e. The molecule has 6 nitrogen and oxygen atoms in total. The molecule has 0 unspecified atom stereocenters. The number of halogens is 2. The number of carbonyl (C=O) groups excluding carboxylic acids is 3. The molecule has 0 atom stereocenters. The topological polar surface area (TPSA) is 84.5 Å². The van der Waals surface area contributed by atoms with Crippen LogP contribution in [0.3, 0.4) is 0 Å². The van der Waals surface area contributed by atoms with Gasteiger partial charge in [-0.2, -0.15) is 0 Å². The Hall–Kier alpha value is -4.82. The smallest absolute Gasteiger partial charge is 0.272 e. The van der Waals surface area contributed by atoms with Gasteiger partial charge in [-0.3, -0.25) is 14.4 Å². The highest BCUT2D eigenvalue weighted by molar-refractivity contribution is 8.00. The van der Waals surface area contributed by atoms with E-state index in [4.69, 9.17) is 27.9 Å². The van der Waals surface area contributed by atoms with E-state index in [0.29, 0.717) is 44.8 Å². The van der Waals surface area contributed by atoms with Crippen LogP contribution in [-0.4, -0.2) is 23.4 Å². The molecule has 0 aliphatic rings. The summed E-state index contributed by atoms with van der Waals surface area (Å²) in [5, 5.41) is 6.37. The summed E-state index contributed by atoms with van der Waals surface area (Å²) < 4.78 is 5.87. The molecule has 5 aromatic carbocycles. The van der Waals surface area contributed by atoms with Crippen LogP contribution < -0.4 is 15.4 Å². The molecule has 0 bridgehead atoms. The van der Waals surface area contributed by atoms with E-state index >= 15 is 0 Å². The molecule has 5 aromatic rings. The number of carbonyl (C=O) groups is 3. The molecule has 230 valence electrons. The van der Waals surface area contributed by atoms with E-state index in [0.717, 1.165) is 10.5 Å². The fourth-order valence-corrected chi connectivity index (χ4v) is 5.58. The first-order chi connectivity index (χ1) is 22.3. The number of benzene rings is 5. The summed E-state index contributed by atoms with van der Waals surface area (Å²) in [4.78, 5) is 39.9. The quantitative estimate of drug-likeness (QED) is 0.0789. The van der Waals surface area contributed by atoms with Crippen LogP contribution in [0.1, 0.15) is 31.8 Å². The van der Waals surface area contributed by atoms with E-state index in [1.807, 2.05) is 60.7 Å². The van der Waals surface area contributed by atoms with E-state index < -0.39 is 11.8 Å². The van der Waals surface area contributed by atoms with Crippen LogP contribution in [0.2, 0.25) is 10.0 Å². The van der Waals surface area contributed by atoms with E-state index in [1.54, 1.807) is 72.8 Å². The third kappa shape index (κ3) is 9.34. The van der Waals surface area contributed by atoms with E-state index in [2.05, 4.69) is 10.6 Å². The number of hydrogen-bond acceptors (Lipinski definition) is 5. The first-order valence-corrected chi connectivity index (χ1v) is 16.0. The summed E-state index contributed by atoms with van der Waals surface area (Å²) in [6.45, 7) is 0.432. The van der Waals surface area contributed by atoms with Crippen molar-refractivity contribution >= 4 is 64.3 Å². The molecule has 9 heteroatoms. The highest BCUT2D eigenvalue weighted by Gasteiger charge is 2.16. The van der Waals surface area contributed by atoms with Gasteiger partial charge in [-0.25, -0.2) is 0 Å². The molecule has 0 aliphatic carbocycles. The molecule has 0 aliphatic heterocycles. The zero-order chi connectivity index (χ0) is 32.3. The van der Waals surface area contributed by atoms with Gasteiger partial charge in [0.2, 0.25) is 0 Å². The summed E-state index contributed by atoms with van der Waals surface area (Å²) in [5.41, 5.74) is 3.16. The molecule has 2 N–H and O–H groups in total. The Morgan fingerprint density at radius 2 is 1.43 bits per heavy atom. The Labute approximate surface area is 281 Å². The van der Waals surface area contributed by atoms with Crippen molar-refractivity contribution in [3.05, 3.63) is 165 Å². The average molecular weight is 668 g/mol. The van der Waals surface area contributed by atoms with Crippen molar-refractivity contribution in [2.75, 3.05) is 11.1 Å². The number of thioether (sulfide) groups is 1. The predicted molar refractivity (Wildman–Crippen MR) is 186 cm³/mol. The maximum atomic E-state index is 13.4. The number of rotatable bonds is 12. The molecule has 0 saturated carbocycles. The molecular formula is C37H28Cl2N2O4S. The minimum Gasteiger partial charge on any atom is -0.489 e. The third-order valence-corrected chi connectivity index (χ3v) is 8.24. The summed E-state index contributed by atoms with van der Waals surface area (Å²) in [7, 11) is 0. The average Bonchev–Trinajstić information content (AvgIpc) is 3.08. The van der Waals surface area contributed by atoms with Gasteiger partial charge in [-0.1, -0.05) is 83.9 Å². The number of ketones is 1. The summed E-state index contributed by atoms with van der Waals surface area (Å²) >= 11 is 13.4. The van der Waals surface area contributed by atoms with Crippen LogP contribution >= 0.6 is 35.0 Å².